The van der Waals surface area contributed by atoms with Gasteiger partial charge in [-0.2, -0.15) is 0 Å². The van der Waals surface area contributed by atoms with E-state index in [4.69, 9.17) is 28.9 Å². The molecule has 0 unspecified atom stereocenters. The maximum absolute atomic E-state index is 6.15. The lowest BCUT2D eigenvalue weighted by atomic mass is 10.1. The number of nitrogens with zero attached hydrogens (tertiary/aromatic N) is 5. The van der Waals surface area contributed by atoms with Gasteiger partial charge in [-0.25, -0.2) is 4.98 Å². The molecule has 0 bridgehead atoms. The van der Waals surface area contributed by atoms with Crippen LogP contribution in [0.5, 0.6) is 0 Å². The van der Waals surface area contributed by atoms with Crippen molar-refractivity contribution in [1.29, 1.82) is 0 Å². The number of nitrogens with two attached hydrogens (primary N) is 1. The van der Waals surface area contributed by atoms with E-state index in [0.29, 0.717) is 21.5 Å². The molecule has 1 aliphatic rings. The number of anilines is 1. The highest BCUT2D eigenvalue weighted by atomic mass is 35.5. The Bertz CT molecular complexity index is 873. The quantitative estimate of drug-likeness (QED) is 0.708. The van der Waals surface area contributed by atoms with E-state index >= 15 is 0 Å². The number of piperidine rings is 1. The zero-order chi connectivity index (χ0) is 18.5. The number of likely N-dealkylation sites (tertiary alicyclic amines) is 1. The second-order valence-corrected chi connectivity index (χ2v) is 6.99. The van der Waals surface area contributed by atoms with Crippen molar-refractivity contribution in [2.45, 2.75) is 26.2 Å². The standard InChI is InChI=1S/C11H7Cl2N5.C7H15N/c12-6-1-2-7(8(13)5-6)10-17-16-9(14)11-15-3-4-18(10)11;1-2-8-6-4-3-5-7-8/h1-5H,(H2,14,16);2-7H2,1H3. The molecule has 1 aromatic carbocycles. The molecule has 0 saturated carbocycles. The number of rotatable bonds is 2. The third-order valence-corrected chi connectivity index (χ3v) is 4.97. The van der Waals surface area contributed by atoms with Crippen LogP contribution in [0, 0.1) is 0 Å². The van der Waals surface area contributed by atoms with Gasteiger partial charge in [-0.3, -0.25) is 4.40 Å². The molecule has 8 heteroatoms. The maximum atomic E-state index is 6.15. The Morgan fingerprint density at radius 2 is 1.88 bits per heavy atom. The summed E-state index contributed by atoms with van der Waals surface area (Å²) >= 11 is 12.0. The molecule has 0 radical (unpaired) electrons. The fraction of sp³-hybridized carbons (Fsp3) is 0.389. The van der Waals surface area contributed by atoms with Crippen molar-refractivity contribution in [3.63, 3.8) is 0 Å². The first-order valence-corrected chi connectivity index (χ1v) is 9.48. The van der Waals surface area contributed by atoms with Crippen LogP contribution in [0.25, 0.3) is 17.0 Å². The minimum absolute atomic E-state index is 0.272. The molecule has 6 nitrogen and oxygen atoms in total. The van der Waals surface area contributed by atoms with Crippen LogP contribution < -0.4 is 5.73 Å². The van der Waals surface area contributed by atoms with Gasteiger partial charge in [-0.15, -0.1) is 10.2 Å². The van der Waals surface area contributed by atoms with E-state index in [-0.39, 0.29) is 5.82 Å². The smallest absolute Gasteiger partial charge is 0.189 e. The summed E-state index contributed by atoms with van der Waals surface area (Å²) in [6.45, 7) is 6.18. The van der Waals surface area contributed by atoms with Gasteiger partial charge in [0.25, 0.3) is 0 Å². The highest BCUT2D eigenvalue weighted by molar-refractivity contribution is 6.36. The third kappa shape index (κ3) is 4.26. The summed E-state index contributed by atoms with van der Waals surface area (Å²) in [5.74, 6) is 0.840. The fourth-order valence-electron chi connectivity index (χ4n) is 2.99. The molecule has 1 fully saturated rings. The number of imidazole rings is 1. The van der Waals surface area contributed by atoms with E-state index in [9.17, 15) is 0 Å². The van der Waals surface area contributed by atoms with Crippen molar-refractivity contribution in [2.24, 2.45) is 0 Å². The van der Waals surface area contributed by atoms with Crippen LogP contribution in [-0.2, 0) is 0 Å². The third-order valence-electron chi connectivity index (χ3n) is 4.42. The molecule has 1 saturated heterocycles. The maximum Gasteiger partial charge on any atom is 0.189 e. The predicted octanol–water partition coefficient (Wildman–Crippen LogP) is 4.17. The monoisotopic (exact) mass is 392 g/mol. The SMILES string of the molecule is CCN1CCCCC1.Nc1nnc(-c2ccc(Cl)cc2Cl)n2ccnc12. The van der Waals surface area contributed by atoms with Crippen molar-refractivity contribution in [2.75, 3.05) is 25.4 Å². The van der Waals surface area contributed by atoms with E-state index in [0.717, 1.165) is 5.56 Å². The van der Waals surface area contributed by atoms with Crippen LogP contribution in [0.3, 0.4) is 0 Å². The fourth-order valence-corrected chi connectivity index (χ4v) is 3.48. The highest BCUT2D eigenvalue weighted by Crippen LogP contribution is 2.29. The Kier molecular flexibility index (Phi) is 6.29. The minimum atomic E-state index is 0.272. The lowest BCUT2D eigenvalue weighted by Crippen LogP contribution is -2.29. The van der Waals surface area contributed by atoms with Gasteiger partial charge in [0.15, 0.2) is 17.3 Å². The van der Waals surface area contributed by atoms with Crippen molar-refractivity contribution >= 4 is 34.7 Å². The molecule has 3 aromatic rings. The Morgan fingerprint density at radius 3 is 2.54 bits per heavy atom. The Balaban J connectivity index is 0.000000206. The first kappa shape index (κ1) is 18.9. The molecule has 138 valence electrons. The first-order valence-electron chi connectivity index (χ1n) is 8.73. The molecule has 3 heterocycles. The van der Waals surface area contributed by atoms with Crippen molar-refractivity contribution < 1.29 is 0 Å². The second kappa shape index (κ2) is 8.66. The van der Waals surface area contributed by atoms with Crippen LogP contribution in [0.2, 0.25) is 10.0 Å². The van der Waals surface area contributed by atoms with E-state index in [2.05, 4.69) is 27.0 Å². The number of hydrogen-bond donors (Lipinski definition) is 1. The summed E-state index contributed by atoms with van der Waals surface area (Å²) in [6, 6.07) is 5.17. The predicted molar refractivity (Wildman–Crippen MR) is 107 cm³/mol. The van der Waals surface area contributed by atoms with Gasteiger partial charge in [-0.1, -0.05) is 36.5 Å². The molecule has 0 atom stereocenters. The largest absolute Gasteiger partial charge is 0.379 e. The summed E-state index contributed by atoms with van der Waals surface area (Å²) < 4.78 is 1.73. The topological polar surface area (TPSA) is 72.3 Å². The van der Waals surface area contributed by atoms with Crippen LogP contribution in [0.15, 0.2) is 30.6 Å². The van der Waals surface area contributed by atoms with Gasteiger partial charge in [0, 0.05) is 23.0 Å². The normalized spacial score (nSPS) is 14.9. The number of hydrogen-bond acceptors (Lipinski definition) is 5. The van der Waals surface area contributed by atoms with Crippen molar-refractivity contribution in [3.05, 3.63) is 40.6 Å². The molecule has 2 aromatic heterocycles. The molecule has 2 N–H and O–H groups in total. The van der Waals surface area contributed by atoms with Crippen LogP contribution >= 0.6 is 23.2 Å². The number of benzene rings is 1. The average Bonchev–Trinajstić information content (AvgIpc) is 3.15. The van der Waals surface area contributed by atoms with Gasteiger partial charge < -0.3 is 10.6 Å². The van der Waals surface area contributed by atoms with Gasteiger partial charge >= 0.3 is 0 Å². The second-order valence-electron chi connectivity index (χ2n) is 6.15. The van der Waals surface area contributed by atoms with E-state index in [1.54, 1.807) is 35.0 Å². The lowest BCUT2D eigenvalue weighted by Gasteiger charge is -2.24. The zero-order valence-corrected chi connectivity index (χ0v) is 16.2. The van der Waals surface area contributed by atoms with Gasteiger partial charge in [0.05, 0.1) is 5.02 Å². The highest BCUT2D eigenvalue weighted by Gasteiger charge is 2.12. The molecule has 0 spiro atoms. The van der Waals surface area contributed by atoms with E-state index < -0.39 is 0 Å². The summed E-state index contributed by atoms with van der Waals surface area (Å²) in [7, 11) is 0. The van der Waals surface area contributed by atoms with E-state index in [1.807, 2.05) is 0 Å². The van der Waals surface area contributed by atoms with Gasteiger partial charge in [0.2, 0.25) is 0 Å². The minimum Gasteiger partial charge on any atom is -0.379 e. The lowest BCUT2D eigenvalue weighted by molar-refractivity contribution is 0.240. The van der Waals surface area contributed by atoms with Gasteiger partial charge in [0.1, 0.15) is 0 Å². The average molecular weight is 393 g/mol. The first-order chi connectivity index (χ1) is 12.6. The molecule has 26 heavy (non-hydrogen) atoms. The number of nitrogen functional groups attached to an aromatic ring is 1. The number of fused-ring (bicyclic) bond motifs is 1. The van der Waals surface area contributed by atoms with Crippen molar-refractivity contribution in [1.82, 2.24) is 24.5 Å². The van der Waals surface area contributed by atoms with Crippen LogP contribution in [-0.4, -0.2) is 44.1 Å². The molecule has 0 amide bonds. The summed E-state index contributed by atoms with van der Waals surface area (Å²) in [4.78, 5) is 6.64. The molecule has 1 aliphatic heterocycles. The van der Waals surface area contributed by atoms with E-state index in [1.165, 1.54) is 38.9 Å². The Hall–Kier alpha value is -1.89. The van der Waals surface area contributed by atoms with Crippen molar-refractivity contribution in [3.8, 4) is 11.4 Å². The molecule has 0 aliphatic carbocycles. The van der Waals surface area contributed by atoms with Crippen LogP contribution in [0.4, 0.5) is 5.82 Å². The summed E-state index contributed by atoms with van der Waals surface area (Å²) in [5.41, 5.74) is 6.97. The number of halogens is 2. The molecular formula is C18H22Cl2N6. The molecular weight excluding hydrogens is 371 g/mol. The number of aromatic nitrogens is 4. The summed E-state index contributed by atoms with van der Waals surface area (Å²) in [6.07, 6.45) is 7.68. The molecule has 4 rings (SSSR count). The Morgan fingerprint density at radius 1 is 1.12 bits per heavy atom. The Labute approximate surface area is 162 Å². The van der Waals surface area contributed by atoms with Crippen LogP contribution in [0.1, 0.15) is 26.2 Å². The summed E-state index contributed by atoms with van der Waals surface area (Å²) in [5, 5.41) is 8.99. The zero-order valence-electron chi connectivity index (χ0n) is 14.7. The van der Waals surface area contributed by atoms with Gasteiger partial charge in [-0.05, 0) is 50.7 Å².